The van der Waals surface area contributed by atoms with Gasteiger partial charge >= 0.3 is 5.97 Å². The third-order valence-corrected chi connectivity index (χ3v) is 3.29. The van der Waals surface area contributed by atoms with Crippen LogP contribution >= 0.6 is 0 Å². The Bertz CT molecular complexity index is 451. The van der Waals surface area contributed by atoms with Crippen LogP contribution in [-0.4, -0.2) is 42.7 Å². The number of carboxylic acids is 1. The van der Waals surface area contributed by atoms with Gasteiger partial charge in [0.2, 0.25) is 0 Å². The predicted octanol–water partition coefficient (Wildman–Crippen LogP) is 1.89. The zero-order valence-electron chi connectivity index (χ0n) is 10.3. The summed E-state index contributed by atoms with van der Waals surface area (Å²) in [6.07, 6.45) is 1.11. The average molecular weight is 252 g/mol. The Kier molecular flexibility index (Phi) is 3.81. The second-order valence-corrected chi connectivity index (χ2v) is 4.80. The number of carboxylic acid groups (broad SMARTS) is 1. The van der Waals surface area contributed by atoms with E-state index in [1.807, 2.05) is 0 Å². The molecule has 4 nitrogen and oxygen atoms in total. The van der Waals surface area contributed by atoms with E-state index in [0.29, 0.717) is 18.2 Å². The zero-order valence-corrected chi connectivity index (χ0v) is 10.3. The highest BCUT2D eigenvalue weighted by Crippen LogP contribution is 2.19. The summed E-state index contributed by atoms with van der Waals surface area (Å²) in [6, 6.07) is 3.94. The molecule has 2 rings (SSSR count). The number of nitrogens with zero attached hydrogens (tertiary/aromatic N) is 1. The smallest absolute Gasteiger partial charge is 0.335 e. The van der Waals surface area contributed by atoms with Crippen molar-refractivity contribution in [2.24, 2.45) is 5.92 Å². The third kappa shape index (κ3) is 2.98. The topological polar surface area (TPSA) is 52.6 Å². The monoisotopic (exact) mass is 252 g/mol. The maximum atomic E-state index is 13.6. The molecule has 0 amide bonds. The van der Waals surface area contributed by atoms with Crippen LogP contribution in [0.1, 0.15) is 16.8 Å². The van der Waals surface area contributed by atoms with Gasteiger partial charge in [0.1, 0.15) is 5.82 Å². The fraction of sp³-hybridized carbons (Fsp3) is 0.462. The quantitative estimate of drug-likeness (QED) is 0.859. The zero-order chi connectivity index (χ0) is 13.1. The van der Waals surface area contributed by atoms with Crippen LogP contribution in [-0.2, 0) is 0 Å². The second-order valence-electron chi connectivity index (χ2n) is 4.80. The van der Waals surface area contributed by atoms with E-state index < -0.39 is 11.8 Å². The summed E-state index contributed by atoms with van der Waals surface area (Å²) in [5.41, 5.74) is 0.341. The molecular formula is C13H17FN2O2. The molecule has 18 heavy (non-hydrogen) atoms. The van der Waals surface area contributed by atoms with Gasteiger partial charge in [-0.3, -0.25) is 0 Å². The number of hydrogen-bond donors (Lipinski definition) is 2. The second kappa shape index (κ2) is 5.35. The normalized spacial score (nSPS) is 20.0. The molecule has 0 spiro atoms. The first kappa shape index (κ1) is 12.8. The lowest BCUT2D eigenvalue weighted by Gasteiger charge is -2.13. The van der Waals surface area contributed by atoms with E-state index in [0.717, 1.165) is 25.6 Å². The van der Waals surface area contributed by atoms with Gasteiger partial charge in [0.15, 0.2) is 0 Å². The Morgan fingerprint density at radius 1 is 1.61 bits per heavy atom. The van der Waals surface area contributed by atoms with Crippen LogP contribution in [0.25, 0.3) is 0 Å². The van der Waals surface area contributed by atoms with Crippen molar-refractivity contribution in [1.29, 1.82) is 0 Å². The van der Waals surface area contributed by atoms with Crippen LogP contribution in [0.4, 0.5) is 10.1 Å². The molecule has 2 N–H and O–H groups in total. The number of nitrogens with one attached hydrogen (secondary N) is 1. The van der Waals surface area contributed by atoms with E-state index in [9.17, 15) is 9.18 Å². The fourth-order valence-electron chi connectivity index (χ4n) is 2.24. The van der Waals surface area contributed by atoms with Gasteiger partial charge < -0.3 is 15.3 Å². The minimum absolute atomic E-state index is 0.0290. The van der Waals surface area contributed by atoms with Crippen molar-refractivity contribution in [3.8, 4) is 0 Å². The van der Waals surface area contributed by atoms with Gasteiger partial charge in [-0.15, -0.1) is 0 Å². The highest BCUT2D eigenvalue weighted by molar-refractivity contribution is 5.88. The molecular weight excluding hydrogens is 235 g/mol. The fourth-order valence-corrected chi connectivity index (χ4v) is 2.24. The van der Waals surface area contributed by atoms with Crippen molar-refractivity contribution in [2.75, 3.05) is 32.0 Å². The van der Waals surface area contributed by atoms with Gasteiger partial charge in [0.25, 0.3) is 0 Å². The van der Waals surface area contributed by atoms with Crippen molar-refractivity contribution in [2.45, 2.75) is 6.42 Å². The van der Waals surface area contributed by atoms with Gasteiger partial charge in [-0.2, -0.15) is 0 Å². The van der Waals surface area contributed by atoms with Crippen LogP contribution in [0.5, 0.6) is 0 Å². The molecule has 1 unspecified atom stereocenters. The first-order valence-electron chi connectivity index (χ1n) is 6.01. The summed E-state index contributed by atoms with van der Waals surface area (Å²) < 4.78 is 13.6. The van der Waals surface area contributed by atoms with Crippen molar-refractivity contribution < 1.29 is 14.3 Å². The molecule has 0 bridgehead atoms. The van der Waals surface area contributed by atoms with Crippen molar-refractivity contribution in [3.63, 3.8) is 0 Å². The lowest BCUT2D eigenvalue weighted by molar-refractivity contribution is 0.0696. The average Bonchev–Trinajstić information content (AvgIpc) is 2.73. The minimum atomic E-state index is -1.11. The van der Waals surface area contributed by atoms with Crippen LogP contribution in [0.3, 0.4) is 0 Å². The maximum absolute atomic E-state index is 13.6. The first-order valence-corrected chi connectivity index (χ1v) is 6.01. The van der Waals surface area contributed by atoms with Gasteiger partial charge in [-0.1, -0.05) is 0 Å². The molecule has 98 valence electrons. The standard InChI is InChI=1S/C13H17FN2O2/c1-16-5-4-9(8-16)7-15-12-3-2-10(13(17)18)6-11(12)14/h2-3,6,9,15H,4-5,7-8H2,1H3,(H,17,18). The van der Waals surface area contributed by atoms with E-state index in [-0.39, 0.29) is 5.56 Å². The highest BCUT2D eigenvalue weighted by atomic mass is 19.1. The Hall–Kier alpha value is -1.62. The van der Waals surface area contributed by atoms with Crippen molar-refractivity contribution >= 4 is 11.7 Å². The number of likely N-dealkylation sites (tertiary alicyclic amines) is 1. The van der Waals surface area contributed by atoms with Crippen LogP contribution in [0.15, 0.2) is 18.2 Å². The van der Waals surface area contributed by atoms with Crippen LogP contribution in [0.2, 0.25) is 0 Å². The summed E-state index contributed by atoms with van der Waals surface area (Å²) >= 11 is 0. The maximum Gasteiger partial charge on any atom is 0.335 e. The van der Waals surface area contributed by atoms with Crippen molar-refractivity contribution in [1.82, 2.24) is 4.90 Å². The molecule has 1 heterocycles. The van der Waals surface area contributed by atoms with E-state index in [2.05, 4.69) is 17.3 Å². The van der Waals surface area contributed by atoms with Crippen LogP contribution in [0, 0.1) is 11.7 Å². The largest absolute Gasteiger partial charge is 0.478 e. The molecule has 0 aromatic heterocycles. The van der Waals surface area contributed by atoms with E-state index in [1.54, 1.807) is 0 Å². The van der Waals surface area contributed by atoms with Gasteiger partial charge in [-0.25, -0.2) is 9.18 Å². The van der Waals surface area contributed by atoms with E-state index in [1.165, 1.54) is 12.1 Å². The van der Waals surface area contributed by atoms with Gasteiger partial charge in [0, 0.05) is 13.1 Å². The van der Waals surface area contributed by atoms with Gasteiger partial charge in [-0.05, 0) is 44.1 Å². The summed E-state index contributed by atoms with van der Waals surface area (Å²) in [6.45, 7) is 2.81. The predicted molar refractivity (Wildman–Crippen MR) is 67.5 cm³/mol. The molecule has 0 saturated carbocycles. The minimum Gasteiger partial charge on any atom is -0.478 e. The molecule has 1 saturated heterocycles. The number of benzene rings is 1. The lowest BCUT2D eigenvalue weighted by atomic mass is 10.1. The molecule has 1 fully saturated rings. The third-order valence-electron chi connectivity index (χ3n) is 3.29. The number of rotatable bonds is 4. The molecule has 1 aromatic rings. The summed E-state index contributed by atoms with van der Waals surface area (Å²) in [4.78, 5) is 12.9. The lowest BCUT2D eigenvalue weighted by Crippen LogP contribution is -2.19. The van der Waals surface area contributed by atoms with Crippen molar-refractivity contribution in [3.05, 3.63) is 29.6 Å². The van der Waals surface area contributed by atoms with E-state index in [4.69, 9.17) is 5.11 Å². The number of hydrogen-bond acceptors (Lipinski definition) is 3. The summed E-state index contributed by atoms with van der Waals surface area (Å²) in [5, 5.41) is 11.8. The Morgan fingerprint density at radius 2 is 2.39 bits per heavy atom. The molecule has 0 aliphatic carbocycles. The molecule has 1 aliphatic heterocycles. The summed E-state index contributed by atoms with van der Waals surface area (Å²) in [7, 11) is 2.07. The molecule has 1 aromatic carbocycles. The molecule has 1 aliphatic rings. The highest BCUT2D eigenvalue weighted by Gasteiger charge is 2.19. The summed E-state index contributed by atoms with van der Waals surface area (Å²) in [5.74, 6) is -1.10. The number of halogens is 1. The Labute approximate surface area is 105 Å². The number of carbonyl (C=O) groups is 1. The Balaban J connectivity index is 1.95. The van der Waals surface area contributed by atoms with Crippen LogP contribution < -0.4 is 5.32 Å². The SMILES string of the molecule is CN1CCC(CNc2ccc(C(=O)O)cc2F)C1. The number of anilines is 1. The first-order chi connectivity index (χ1) is 8.56. The molecule has 5 heteroatoms. The Morgan fingerprint density at radius 3 is 2.94 bits per heavy atom. The molecule has 0 radical (unpaired) electrons. The van der Waals surface area contributed by atoms with Gasteiger partial charge in [0.05, 0.1) is 11.3 Å². The molecule has 1 atom stereocenters. The number of aromatic carboxylic acids is 1. The van der Waals surface area contributed by atoms with E-state index >= 15 is 0 Å².